The molecule has 7 heteroatoms. The smallest absolute Gasteiger partial charge is 0.227 e. The molecule has 0 radical (unpaired) electrons. The van der Waals surface area contributed by atoms with Gasteiger partial charge in [0.15, 0.2) is 5.82 Å². The van der Waals surface area contributed by atoms with Gasteiger partial charge in [-0.2, -0.15) is 4.98 Å². The number of amides is 1. The Balaban J connectivity index is 1.41. The highest BCUT2D eigenvalue weighted by Gasteiger charge is 2.12. The van der Waals surface area contributed by atoms with Gasteiger partial charge >= 0.3 is 0 Å². The average molecular weight is 392 g/mol. The quantitative estimate of drug-likeness (QED) is 0.497. The van der Waals surface area contributed by atoms with Crippen molar-refractivity contribution >= 4 is 33.1 Å². The molecule has 0 aliphatic rings. The third-order valence-corrected chi connectivity index (χ3v) is 5.34. The summed E-state index contributed by atoms with van der Waals surface area (Å²) in [4.78, 5) is 21.3. The molecule has 2 aromatic heterocycles. The number of hydrogen-bond acceptors (Lipinski definition) is 6. The first kappa shape index (κ1) is 18.3. The standard InChI is InChI=1S/C21H20N4O2S/c1-13(2)20-24-19(27-25-20)11-10-18(26)22-15-7-5-6-14(12-15)21-23-16-8-3-4-9-17(16)28-21/h3-9,12-13H,10-11H2,1-2H3,(H,22,26). The number of fused-ring (bicyclic) bond motifs is 1. The lowest BCUT2D eigenvalue weighted by Crippen LogP contribution is -2.12. The van der Waals surface area contributed by atoms with Crippen molar-refractivity contribution in [1.82, 2.24) is 15.1 Å². The molecule has 2 aromatic carbocycles. The molecule has 28 heavy (non-hydrogen) atoms. The minimum Gasteiger partial charge on any atom is -0.339 e. The highest BCUT2D eigenvalue weighted by molar-refractivity contribution is 7.21. The van der Waals surface area contributed by atoms with Gasteiger partial charge in [-0.15, -0.1) is 11.3 Å². The molecule has 0 aliphatic carbocycles. The summed E-state index contributed by atoms with van der Waals surface area (Å²) in [5, 5.41) is 7.79. The second-order valence-corrected chi connectivity index (χ2v) is 7.85. The van der Waals surface area contributed by atoms with Crippen molar-refractivity contribution in [1.29, 1.82) is 0 Å². The van der Waals surface area contributed by atoms with Crippen LogP contribution in [0, 0.1) is 0 Å². The third kappa shape index (κ3) is 4.09. The number of benzene rings is 2. The number of nitrogens with zero attached hydrogens (tertiary/aromatic N) is 3. The number of anilines is 1. The molecular weight excluding hydrogens is 372 g/mol. The number of thiazole rings is 1. The fraction of sp³-hybridized carbons (Fsp3) is 0.238. The summed E-state index contributed by atoms with van der Waals surface area (Å²) < 4.78 is 6.33. The Bertz CT molecular complexity index is 1080. The number of aromatic nitrogens is 3. The Kier molecular flexibility index (Phi) is 5.16. The molecule has 0 saturated heterocycles. The van der Waals surface area contributed by atoms with Gasteiger partial charge in [0.1, 0.15) is 5.01 Å². The van der Waals surface area contributed by atoms with E-state index < -0.39 is 0 Å². The minimum atomic E-state index is -0.0919. The molecule has 0 fully saturated rings. The lowest BCUT2D eigenvalue weighted by atomic mass is 10.2. The summed E-state index contributed by atoms with van der Waals surface area (Å²) in [6.45, 7) is 4.00. The second kappa shape index (κ2) is 7.90. The minimum absolute atomic E-state index is 0.0919. The SMILES string of the molecule is CC(C)c1noc(CCC(=O)Nc2cccc(-c3nc4ccccc4s3)c2)n1. The van der Waals surface area contributed by atoms with Gasteiger partial charge in [0.05, 0.1) is 10.2 Å². The normalized spacial score (nSPS) is 11.2. The molecule has 0 saturated carbocycles. The number of carbonyl (C=O) groups excluding carboxylic acids is 1. The van der Waals surface area contributed by atoms with Gasteiger partial charge in [-0.1, -0.05) is 43.3 Å². The zero-order chi connectivity index (χ0) is 19.5. The van der Waals surface area contributed by atoms with E-state index in [2.05, 4.69) is 26.5 Å². The molecule has 0 unspecified atom stereocenters. The van der Waals surface area contributed by atoms with Crippen LogP contribution < -0.4 is 5.32 Å². The third-order valence-electron chi connectivity index (χ3n) is 4.25. The van der Waals surface area contributed by atoms with Gasteiger partial charge < -0.3 is 9.84 Å². The topological polar surface area (TPSA) is 80.9 Å². The number of para-hydroxylation sites is 1. The zero-order valence-corrected chi connectivity index (χ0v) is 16.5. The van der Waals surface area contributed by atoms with E-state index in [1.165, 1.54) is 0 Å². The average Bonchev–Trinajstić information content (AvgIpc) is 3.34. The van der Waals surface area contributed by atoms with E-state index in [1.807, 2.05) is 56.3 Å². The first-order chi connectivity index (χ1) is 13.6. The monoisotopic (exact) mass is 392 g/mol. The Labute approximate surface area is 166 Å². The summed E-state index contributed by atoms with van der Waals surface area (Å²) in [5.41, 5.74) is 2.71. The van der Waals surface area contributed by atoms with Crippen LogP contribution in [-0.2, 0) is 11.2 Å². The molecule has 0 aliphatic heterocycles. The Morgan fingerprint density at radius 3 is 2.79 bits per heavy atom. The highest BCUT2D eigenvalue weighted by Crippen LogP contribution is 2.31. The maximum absolute atomic E-state index is 12.3. The first-order valence-electron chi connectivity index (χ1n) is 9.17. The van der Waals surface area contributed by atoms with Crippen LogP contribution >= 0.6 is 11.3 Å². The van der Waals surface area contributed by atoms with E-state index in [9.17, 15) is 4.79 Å². The molecule has 0 spiro atoms. The number of aryl methyl sites for hydroxylation is 1. The van der Waals surface area contributed by atoms with Crippen molar-refractivity contribution in [2.24, 2.45) is 0 Å². The Morgan fingerprint density at radius 1 is 1.14 bits per heavy atom. The maximum Gasteiger partial charge on any atom is 0.227 e. The predicted molar refractivity (Wildman–Crippen MR) is 110 cm³/mol. The fourth-order valence-electron chi connectivity index (χ4n) is 2.77. The highest BCUT2D eigenvalue weighted by atomic mass is 32.1. The number of hydrogen-bond donors (Lipinski definition) is 1. The zero-order valence-electron chi connectivity index (χ0n) is 15.7. The molecular formula is C21H20N4O2S. The van der Waals surface area contributed by atoms with Gasteiger partial charge in [0.25, 0.3) is 0 Å². The van der Waals surface area contributed by atoms with Crippen molar-refractivity contribution in [2.75, 3.05) is 5.32 Å². The van der Waals surface area contributed by atoms with Crippen molar-refractivity contribution in [3.63, 3.8) is 0 Å². The van der Waals surface area contributed by atoms with Crippen LogP contribution in [0.1, 0.15) is 37.9 Å². The van der Waals surface area contributed by atoms with Gasteiger partial charge in [0.2, 0.25) is 11.8 Å². The largest absolute Gasteiger partial charge is 0.339 e. The number of rotatable bonds is 6. The number of nitrogens with one attached hydrogen (secondary N) is 1. The van der Waals surface area contributed by atoms with E-state index >= 15 is 0 Å². The van der Waals surface area contributed by atoms with Crippen molar-refractivity contribution in [2.45, 2.75) is 32.6 Å². The first-order valence-corrected chi connectivity index (χ1v) is 9.98. The molecule has 6 nitrogen and oxygen atoms in total. The summed E-state index contributed by atoms with van der Waals surface area (Å²) in [7, 11) is 0. The van der Waals surface area contributed by atoms with Gasteiger partial charge in [-0.05, 0) is 24.3 Å². The van der Waals surface area contributed by atoms with E-state index in [0.717, 1.165) is 26.5 Å². The molecule has 4 aromatic rings. The van der Waals surface area contributed by atoms with Gasteiger partial charge in [0, 0.05) is 30.0 Å². The van der Waals surface area contributed by atoms with Crippen molar-refractivity contribution in [3.8, 4) is 10.6 Å². The second-order valence-electron chi connectivity index (χ2n) is 6.82. The summed E-state index contributed by atoms with van der Waals surface area (Å²) in [6.07, 6.45) is 0.703. The Hall–Kier alpha value is -3.06. The van der Waals surface area contributed by atoms with Crippen LogP contribution in [0.25, 0.3) is 20.8 Å². The molecule has 1 N–H and O–H groups in total. The summed E-state index contributed by atoms with van der Waals surface area (Å²) in [5.74, 6) is 1.27. The van der Waals surface area contributed by atoms with Crippen LogP contribution in [-0.4, -0.2) is 21.0 Å². The molecule has 4 rings (SSSR count). The van der Waals surface area contributed by atoms with Crippen LogP contribution in [0.2, 0.25) is 0 Å². The summed E-state index contributed by atoms with van der Waals surface area (Å²) >= 11 is 1.64. The van der Waals surface area contributed by atoms with Crippen LogP contribution in [0.3, 0.4) is 0 Å². The van der Waals surface area contributed by atoms with E-state index in [1.54, 1.807) is 11.3 Å². The van der Waals surface area contributed by atoms with E-state index in [-0.39, 0.29) is 18.2 Å². The predicted octanol–water partition coefficient (Wildman–Crippen LogP) is 5.04. The maximum atomic E-state index is 12.3. The Morgan fingerprint density at radius 2 is 2.00 bits per heavy atom. The molecule has 1 amide bonds. The van der Waals surface area contributed by atoms with Gasteiger partial charge in [-0.3, -0.25) is 4.79 Å². The van der Waals surface area contributed by atoms with Crippen molar-refractivity contribution < 1.29 is 9.32 Å². The van der Waals surface area contributed by atoms with Gasteiger partial charge in [-0.25, -0.2) is 4.98 Å². The summed E-state index contributed by atoms with van der Waals surface area (Å²) in [6, 6.07) is 15.8. The molecule has 0 atom stereocenters. The molecule has 2 heterocycles. The molecule has 142 valence electrons. The van der Waals surface area contributed by atoms with Crippen molar-refractivity contribution in [3.05, 3.63) is 60.2 Å². The van der Waals surface area contributed by atoms with Crippen LogP contribution in [0.15, 0.2) is 53.1 Å². The lowest BCUT2D eigenvalue weighted by Gasteiger charge is -2.05. The molecule has 0 bridgehead atoms. The van der Waals surface area contributed by atoms with E-state index in [0.29, 0.717) is 18.1 Å². The van der Waals surface area contributed by atoms with Crippen LogP contribution in [0.4, 0.5) is 5.69 Å². The number of carbonyl (C=O) groups is 1. The lowest BCUT2D eigenvalue weighted by molar-refractivity contribution is -0.116. The van der Waals surface area contributed by atoms with E-state index in [4.69, 9.17) is 4.52 Å². The van der Waals surface area contributed by atoms with Crippen LogP contribution in [0.5, 0.6) is 0 Å². The fourth-order valence-corrected chi connectivity index (χ4v) is 3.74.